The smallest absolute Gasteiger partial charge is 0.251 e. The minimum absolute atomic E-state index is 0.104. The maximum absolute atomic E-state index is 12.2. The molecule has 1 amide bonds. The zero-order valence-corrected chi connectivity index (χ0v) is 11.3. The van der Waals surface area contributed by atoms with E-state index in [2.05, 4.69) is 15.3 Å². The van der Waals surface area contributed by atoms with E-state index >= 15 is 0 Å². The third-order valence-electron chi connectivity index (χ3n) is 2.90. The second-order valence-electron chi connectivity index (χ2n) is 4.61. The van der Waals surface area contributed by atoms with E-state index in [1.165, 1.54) is 0 Å². The van der Waals surface area contributed by atoms with Crippen LogP contribution in [0, 0.1) is 0 Å². The molecule has 0 saturated carbocycles. The number of imidazole rings is 1. The van der Waals surface area contributed by atoms with Gasteiger partial charge >= 0.3 is 0 Å². The number of nitrogens with one attached hydrogen (secondary N) is 2. The molecule has 5 heteroatoms. The first-order valence-corrected chi connectivity index (χ1v) is 6.15. The highest BCUT2D eigenvalue weighted by Crippen LogP contribution is 2.14. The largest absolute Gasteiger partial charge is 0.378 e. The van der Waals surface area contributed by atoms with Crippen molar-refractivity contribution in [3.05, 3.63) is 48.0 Å². The Kier molecular flexibility index (Phi) is 3.85. The van der Waals surface area contributed by atoms with Gasteiger partial charge in [-0.05, 0) is 25.1 Å². The third-order valence-corrected chi connectivity index (χ3v) is 2.90. The number of carbonyl (C=O) groups is 1. The van der Waals surface area contributed by atoms with Crippen LogP contribution in [0.1, 0.15) is 29.1 Å². The highest BCUT2D eigenvalue weighted by molar-refractivity contribution is 5.95. The Hall–Kier alpha value is -2.30. The van der Waals surface area contributed by atoms with Gasteiger partial charge in [0.25, 0.3) is 5.91 Å². The number of H-pyrrole nitrogens is 1. The van der Waals surface area contributed by atoms with Gasteiger partial charge in [-0.15, -0.1) is 0 Å². The molecular formula is C14H18N4O. The van der Waals surface area contributed by atoms with E-state index in [9.17, 15) is 4.79 Å². The molecule has 0 fully saturated rings. The number of anilines is 1. The topological polar surface area (TPSA) is 61.0 Å². The number of carbonyl (C=O) groups excluding carboxylic acids is 1. The molecule has 2 N–H and O–H groups in total. The van der Waals surface area contributed by atoms with Crippen molar-refractivity contribution in [2.75, 3.05) is 19.0 Å². The summed E-state index contributed by atoms with van der Waals surface area (Å²) in [4.78, 5) is 21.2. The molecule has 1 unspecified atom stereocenters. The molecule has 0 spiro atoms. The Balaban J connectivity index is 2.10. The summed E-state index contributed by atoms with van der Waals surface area (Å²) in [6, 6.07) is 7.36. The minimum Gasteiger partial charge on any atom is -0.378 e. The Labute approximate surface area is 112 Å². The highest BCUT2D eigenvalue weighted by Gasteiger charge is 2.13. The molecule has 1 heterocycles. The summed E-state index contributed by atoms with van der Waals surface area (Å²) in [6.07, 6.45) is 3.41. The highest BCUT2D eigenvalue weighted by atomic mass is 16.1. The quantitative estimate of drug-likeness (QED) is 0.881. The molecule has 2 aromatic rings. The zero-order chi connectivity index (χ0) is 13.8. The number of hydrogen-bond acceptors (Lipinski definition) is 3. The van der Waals surface area contributed by atoms with Crippen LogP contribution < -0.4 is 10.2 Å². The van der Waals surface area contributed by atoms with E-state index in [4.69, 9.17) is 0 Å². The lowest BCUT2D eigenvalue weighted by Gasteiger charge is -2.15. The van der Waals surface area contributed by atoms with E-state index in [-0.39, 0.29) is 11.9 Å². The summed E-state index contributed by atoms with van der Waals surface area (Å²) in [5.41, 5.74) is 1.64. The summed E-state index contributed by atoms with van der Waals surface area (Å²) in [5.74, 6) is 0.643. The molecule has 0 aliphatic rings. The number of amides is 1. The van der Waals surface area contributed by atoms with Gasteiger partial charge in [-0.2, -0.15) is 0 Å². The van der Waals surface area contributed by atoms with E-state index in [1.807, 2.05) is 44.1 Å². The van der Waals surface area contributed by atoms with Crippen molar-refractivity contribution in [1.82, 2.24) is 15.3 Å². The van der Waals surface area contributed by atoms with Crippen molar-refractivity contribution in [3.8, 4) is 0 Å². The summed E-state index contributed by atoms with van der Waals surface area (Å²) < 4.78 is 0. The third kappa shape index (κ3) is 3.13. The second kappa shape index (κ2) is 5.56. The average Bonchev–Trinajstić information content (AvgIpc) is 2.92. The molecule has 5 nitrogen and oxygen atoms in total. The summed E-state index contributed by atoms with van der Waals surface area (Å²) in [5, 5.41) is 2.91. The first kappa shape index (κ1) is 13.1. The Bertz CT molecular complexity index is 548. The molecule has 1 aromatic heterocycles. The van der Waals surface area contributed by atoms with Gasteiger partial charge in [0, 0.05) is 37.7 Å². The van der Waals surface area contributed by atoms with Crippen molar-refractivity contribution in [2.24, 2.45) is 0 Å². The second-order valence-corrected chi connectivity index (χ2v) is 4.61. The summed E-state index contributed by atoms with van der Waals surface area (Å²) in [6.45, 7) is 1.90. The number of hydrogen-bond donors (Lipinski definition) is 2. The molecule has 100 valence electrons. The Morgan fingerprint density at radius 3 is 2.84 bits per heavy atom. The molecule has 19 heavy (non-hydrogen) atoms. The fourth-order valence-corrected chi connectivity index (χ4v) is 1.79. The van der Waals surface area contributed by atoms with Crippen LogP contribution in [-0.2, 0) is 0 Å². The monoisotopic (exact) mass is 258 g/mol. The Morgan fingerprint density at radius 2 is 2.21 bits per heavy atom. The molecule has 1 aromatic carbocycles. The first-order chi connectivity index (χ1) is 9.08. The molecule has 0 aliphatic heterocycles. The van der Waals surface area contributed by atoms with Crippen molar-refractivity contribution >= 4 is 11.6 Å². The number of aromatic amines is 1. The fraction of sp³-hybridized carbons (Fsp3) is 0.286. The van der Waals surface area contributed by atoms with Crippen molar-refractivity contribution in [3.63, 3.8) is 0 Å². The van der Waals surface area contributed by atoms with Crippen LogP contribution in [0.2, 0.25) is 0 Å². The van der Waals surface area contributed by atoms with Crippen molar-refractivity contribution < 1.29 is 4.79 Å². The SMILES string of the molecule is CC(NC(=O)c1cccc(N(C)C)c1)c1ncc[nH]1. The average molecular weight is 258 g/mol. The molecule has 0 saturated heterocycles. The van der Waals surface area contributed by atoms with Crippen LogP contribution in [-0.4, -0.2) is 30.0 Å². The van der Waals surface area contributed by atoms with Crippen LogP contribution in [0.3, 0.4) is 0 Å². The van der Waals surface area contributed by atoms with Crippen molar-refractivity contribution in [1.29, 1.82) is 0 Å². The van der Waals surface area contributed by atoms with Crippen LogP contribution in [0.5, 0.6) is 0 Å². The Morgan fingerprint density at radius 1 is 1.42 bits per heavy atom. The summed E-state index contributed by atoms with van der Waals surface area (Å²) >= 11 is 0. The number of rotatable bonds is 4. The molecular weight excluding hydrogens is 240 g/mol. The lowest BCUT2D eigenvalue weighted by Crippen LogP contribution is -2.27. The first-order valence-electron chi connectivity index (χ1n) is 6.15. The lowest BCUT2D eigenvalue weighted by atomic mass is 10.1. The van der Waals surface area contributed by atoms with Crippen LogP contribution >= 0.6 is 0 Å². The zero-order valence-electron chi connectivity index (χ0n) is 11.3. The van der Waals surface area contributed by atoms with E-state index in [1.54, 1.807) is 18.5 Å². The van der Waals surface area contributed by atoms with Gasteiger partial charge in [-0.1, -0.05) is 6.07 Å². The predicted molar refractivity (Wildman–Crippen MR) is 75.2 cm³/mol. The van der Waals surface area contributed by atoms with E-state index < -0.39 is 0 Å². The van der Waals surface area contributed by atoms with Gasteiger partial charge in [0.2, 0.25) is 0 Å². The van der Waals surface area contributed by atoms with E-state index in [0.717, 1.165) is 11.5 Å². The number of nitrogens with zero attached hydrogens (tertiary/aromatic N) is 2. The number of benzene rings is 1. The van der Waals surface area contributed by atoms with E-state index in [0.29, 0.717) is 5.56 Å². The van der Waals surface area contributed by atoms with Crippen LogP contribution in [0.25, 0.3) is 0 Å². The molecule has 0 aliphatic carbocycles. The van der Waals surface area contributed by atoms with Gasteiger partial charge in [-0.3, -0.25) is 4.79 Å². The number of aromatic nitrogens is 2. The van der Waals surface area contributed by atoms with Gasteiger partial charge in [-0.25, -0.2) is 4.98 Å². The van der Waals surface area contributed by atoms with Gasteiger partial charge < -0.3 is 15.2 Å². The molecule has 1 atom stereocenters. The van der Waals surface area contributed by atoms with Gasteiger partial charge in [0.1, 0.15) is 5.82 Å². The standard InChI is InChI=1S/C14H18N4O/c1-10(13-15-7-8-16-13)17-14(19)11-5-4-6-12(9-11)18(2)3/h4-10H,1-3H3,(H,15,16)(H,17,19). The molecule has 0 radical (unpaired) electrons. The molecule has 2 rings (SSSR count). The summed E-state index contributed by atoms with van der Waals surface area (Å²) in [7, 11) is 3.89. The van der Waals surface area contributed by atoms with Crippen molar-refractivity contribution in [2.45, 2.75) is 13.0 Å². The van der Waals surface area contributed by atoms with Gasteiger partial charge in [0.05, 0.1) is 6.04 Å². The van der Waals surface area contributed by atoms with Crippen LogP contribution in [0.15, 0.2) is 36.7 Å². The lowest BCUT2D eigenvalue weighted by molar-refractivity contribution is 0.0938. The minimum atomic E-state index is -0.148. The maximum atomic E-state index is 12.2. The van der Waals surface area contributed by atoms with Crippen LogP contribution in [0.4, 0.5) is 5.69 Å². The predicted octanol–water partition coefficient (Wildman–Crippen LogP) is 1.97. The normalized spacial score (nSPS) is 11.9. The molecule has 0 bridgehead atoms. The fourth-order valence-electron chi connectivity index (χ4n) is 1.79. The maximum Gasteiger partial charge on any atom is 0.251 e. The van der Waals surface area contributed by atoms with Gasteiger partial charge in [0.15, 0.2) is 0 Å².